The number of carboxylic acids is 1. The van der Waals surface area contributed by atoms with E-state index in [4.69, 9.17) is 5.11 Å². The molecule has 0 aliphatic heterocycles. The summed E-state index contributed by atoms with van der Waals surface area (Å²) in [6.45, 7) is 2.19. The van der Waals surface area contributed by atoms with Crippen LogP contribution in [0.1, 0.15) is 77.6 Å². The van der Waals surface area contributed by atoms with Crippen LogP contribution in [0.25, 0.3) is 0 Å². The van der Waals surface area contributed by atoms with Crippen LogP contribution in [0, 0.1) is 17.8 Å². The Morgan fingerprint density at radius 3 is 2.77 bits per heavy atom. The van der Waals surface area contributed by atoms with Crippen LogP contribution < -0.4 is 0 Å². The maximum atomic E-state index is 10.6. The van der Waals surface area contributed by atoms with Crippen molar-refractivity contribution >= 4 is 5.97 Å². The van der Waals surface area contributed by atoms with Gasteiger partial charge in [0.1, 0.15) is 0 Å². The summed E-state index contributed by atoms with van der Waals surface area (Å²) in [7, 11) is 0. The maximum absolute atomic E-state index is 10.6. The number of aliphatic hydroxyl groups excluding tert-OH is 2. The Labute approximate surface area is 158 Å². The van der Waals surface area contributed by atoms with Crippen molar-refractivity contribution in [2.45, 2.75) is 89.8 Å². The number of carbonyl (C=O) groups is 1. The van der Waals surface area contributed by atoms with Crippen molar-refractivity contribution in [1.82, 2.24) is 0 Å². The highest BCUT2D eigenvalue weighted by Crippen LogP contribution is 2.50. The fourth-order valence-electron chi connectivity index (χ4n) is 4.63. The number of hydrogen-bond donors (Lipinski definition) is 3. The molecule has 4 heteroatoms. The zero-order valence-corrected chi connectivity index (χ0v) is 16.1. The molecule has 0 aromatic rings. The van der Waals surface area contributed by atoms with Gasteiger partial charge in [0.25, 0.3) is 0 Å². The molecule has 2 aliphatic rings. The van der Waals surface area contributed by atoms with Gasteiger partial charge in [0.2, 0.25) is 0 Å². The van der Waals surface area contributed by atoms with Crippen molar-refractivity contribution in [3.63, 3.8) is 0 Å². The third-order valence-corrected chi connectivity index (χ3v) is 6.05. The first-order chi connectivity index (χ1) is 12.5. The molecule has 2 saturated carbocycles. The van der Waals surface area contributed by atoms with Crippen LogP contribution in [-0.2, 0) is 4.79 Å². The Balaban J connectivity index is 1.79. The maximum Gasteiger partial charge on any atom is 0.303 e. The van der Waals surface area contributed by atoms with E-state index in [1.807, 2.05) is 6.08 Å². The Morgan fingerprint density at radius 1 is 1.23 bits per heavy atom. The quantitative estimate of drug-likeness (QED) is 0.373. The van der Waals surface area contributed by atoms with Crippen LogP contribution in [-0.4, -0.2) is 33.5 Å². The second kappa shape index (κ2) is 10.9. The van der Waals surface area contributed by atoms with Gasteiger partial charge >= 0.3 is 5.97 Å². The molecule has 2 fully saturated rings. The van der Waals surface area contributed by atoms with Gasteiger partial charge in [0.05, 0.1) is 12.2 Å². The molecule has 148 valence electrons. The minimum absolute atomic E-state index is 0.148. The summed E-state index contributed by atoms with van der Waals surface area (Å²) in [6.07, 6.45) is 15.6. The zero-order chi connectivity index (χ0) is 18.9. The smallest absolute Gasteiger partial charge is 0.303 e. The Bertz CT molecular complexity index is 496. The first-order valence-corrected chi connectivity index (χ1v) is 10.5. The molecule has 0 saturated heterocycles. The number of aliphatic hydroxyl groups is 2. The summed E-state index contributed by atoms with van der Waals surface area (Å²) in [5.41, 5.74) is 1.43. The zero-order valence-electron chi connectivity index (χ0n) is 16.1. The lowest BCUT2D eigenvalue weighted by atomic mass is 9.90. The highest BCUT2D eigenvalue weighted by Gasteiger charge is 2.44. The summed E-state index contributed by atoms with van der Waals surface area (Å²) in [6, 6.07) is 0. The van der Waals surface area contributed by atoms with Crippen LogP contribution in [0.15, 0.2) is 23.8 Å². The molecule has 2 aliphatic carbocycles. The van der Waals surface area contributed by atoms with E-state index in [1.54, 1.807) is 0 Å². The standard InChI is InChI=1S/C22H36O4/c1-2-3-4-5-9-18(23)11-12-19-20-14-16(8-6-7-10-22(25)26)13-17(20)15-21(19)24/h8,11-12,17-21,23-24H,2-7,9-10,13-15H2,1H3,(H,25,26)/b12-11+,16-8+/t17-,18-,19-,20+,21-/m1/s1. The molecule has 0 spiro atoms. The van der Waals surface area contributed by atoms with Gasteiger partial charge in [-0.05, 0) is 50.4 Å². The number of unbranched alkanes of at least 4 members (excludes halogenated alkanes) is 4. The van der Waals surface area contributed by atoms with E-state index in [9.17, 15) is 15.0 Å². The fourth-order valence-corrected chi connectivity index (χ4v) is 4.63. The van der Waals surface area contributed by atoms with E-state index < -0.39 is 12.1 Å². The van der Waals surface area contributed by atoms with E-state index in [-0.39, 0.29) is 18.4 Å². The van der Waals surface area contributed by atoms with Gasteiger partial charge in [0, 0.05) is 12.3 Å². The molecule has 4 nitrogen and oxygen atoms in total. The van der Waals surface area contributed by atoms with Gasteiger partial charge < -0.3 is 15.3 Å². The first-order valence-electron chi connectivity index (χ1n) is 10.5. The monoisotopic (exact) mass is 364 g/mol. The molecular formula is C22H36O4. The molecule has 0 heterocycles. The van der Waals surface area contributed by atoms with E-state index >= 15 is 0 Å². The molecule has 2 rings (SSSR count). The normalized spacial score (nSPS) is 31.0. The fraction of sp³-hybridized carbons (Fsp3) is 0.773. The topological polar surface area (TPSA) is 77.8 Å². The molecule has 0 aromatic heterocycles. The SMILES string of the molecule is CCCCCC[C@@H](O)/C=C/[C@@H]1[C@H]2C/C(=C/CCCC(=O)O)C[C@@H]2C[C@H]1O. The first kappa shape index (κ1) is 21.2. The third-order valence-electron chi connectivity index (χ3n) is 6.05. The molecular weight excluding hydrogens is 328 g/mol. The van der Waals surface area contributed by atoms with Crippen molar-refractivity contribution in [1.29, 1.82) is 0 Å². The molecule has 3 N–H and O–H groups in total. The lowest BCUT2D eigenvalue weighted by Gasteiger charge is -2.17. The largest absolute Gasteiger partial charge is 0.481 e. The molecule has 26 heavy (non-hydrogen) atoms. The summed E-state index contributed by atoms with van der Waals surface area (Å²) in [5.74, 6) is 0.426. The number of allylic oxidation sites excluding steroid dienone is 2. The van der Waals surface area contributed by atoms with Crippen molar-refractivity contribution in [3.8, 4) is 0 Å². The number of carboxylic acid groups (broad SMARTS) is 1. The third kappa shape index (κ3) is 6.55. The van der Waals surface area contributed by atoms with Gasteiger partial charge in [-0.3, -0.25) is 4.79 Å². The molecule has 0 unspecified atom stereocenters. The summed E-state index contributed by atoms with van der Waals surface area (Å²) in [5, 5.41) is 29.3. The Hall–Kier alpha value is -1.13. The number of rotatable bonds is 11. The molecule has 0 radical (unpaired) electrons. The summed E-state index contributed by atoms with van der Waals surface area (Å²) >= 11 is 0. The highest BCUT2D eigenvalue weighted by atomic mass is 16.4. The predicted molar refractivity (Wildman–Crippen MR) is 104 cm³/mol. The van der Waals surface area contributed by atoms with Crippen molar-refractivity contribution in [3.05, 3.63) is 23.8 Å². The lowest BCUT2D eigenvalue weighted by Crippen LogP contribution is -2.17. The number of hydrogen-bond acceptors (Lipinski definition) is 3. The lowest BCUT2D eigenvalue weighted by molar-refractivity contribution is -0.137. The minimum atomic E-state index is -0.728. The number of fused-ring (bicyclic) bond motifs is 1. The van der Waals surface area contributed by atoms with Crippen LogP contribution in [0.5, 0.6) is 0 Å². The van der Waals surface area contributed by atoms with Crippen LogP contribution in [0.2, 0.25) is 0 Å². The summed E-state index contributed by atoms with van der Waals surface area (Å²) in [4.78, 5) is 10.6. The Morgan fingerprint density at radius 2 is 2.04 bits per heavy atom. The van der Waals surface area contributed by atoms with E-state index in [1.165, 1.54) is 24.8 Å². The average Bonchev–Trinajstić information content (AvgIpc) is 3.10. The van der Waals surface area contributed by atoms with E-state index in [0.717, 1.165) is 38.5 Å². The van der Waals surface area contributed by atoms with Crippen molar-refractivity contribution in [2.75, 3.05) is 0 Å². The van der Waals surface area contributed by atoms with Gasteiger partial charge in [0.15, 0.2) is 0 Å². The van der Waals surface area contributed by atoms with Crippen molar-refractivity contribution in [2.24, 2.45) is 17.8 Å². The van der Waals surface area contributed by atoms with Gasteiger partial charge in [-0.1, -0.05) is 56.4 Å². The molecule has 5 atom stereocenters. The molecule has 0 amide bonds. The van der Waals surface area contributed by atoms with Crippen molar-refractivity contribution < 1.29 is 20.1 Å². The van der Waals surface area contributed by atoms with E-state index in [2.05, 4.69) is 19.1 Å². The highest BCUT2D eigenvalue weighted by molar-refractivity contribution is 5.66. The average molecular weight is 365 g/mol. The Kier molecular flexibility index (Phi) is 8.86. The summed E-state index contributed by atoms with van der Waals surface area (Å²) < 4.78 is 0. The molecule has 0 aromatic carbocycles. The van der Waals surface area contributed by atoms with E-state index in [0.29, 0.717) is 18.3 Å². The van der Waals surface area contributed by atoms with Gasteiger partial charge in [-0.25, -0.2) is 0 Å². The second-order valence-corrected chi connectivity index (χ2v) is 8.16. The van der Waals surface area contributed by atoms with Crippen LogP contribution in [0.4, 0.5) is 0 Å². The van der Waals surface area contributed by atoms with Crippen LogP contribution in [0.3, 0.4) is 0 Å². The van der Waals surface area contributed by atoms with Crippen LogP contribution >= 0.6 is 0 Å². The van der Waals surface area contributed by atoms with Gasteiger partial charge in [-0.15, -0.1) is 0 Å². The molecule has 0 bridgehead atoms. The second-order valence-electron chi connectivity index (χ2n) is 8.16. The minimum Gasteiger partial charge on any atom is -0.481 e. The predicted octanol–water partition coefficient (Wildman–Crippen LogP) is 4.46. The number of aliphatic carboxylic acids is 1. The van der Waals surface area contributed by atoms with Gasteiger partial charge in [-0.2, -0.15) is 0 Å².